The zero-order chi connectivity index (χ0) is 18.8. The lowest BCUT2D eigenvalue weighted by molar-refractivity contribution is -0.134. The Morgan fingerprint density at radius 3 is 2.44 bits per heavy atom. The molecule has 7 nitrogen and oxygen atoms in total. The number of rotatable bonds is 8. The Kier molecular flexibility index (Phi) is 6.26. The third kappa shape index (κ3) is 3.89. The molecule has 0 aromatic rings. The van der Waals surface area contributed by atoms with Gasteiger partial charge in [-0.05, 0) is 25.6 Å². The highest BCUT2D eigenvalue weighted by molar-refractivity contribution is 7.89. The molecule has 2 aliphatic heterocycles. The SMILES string of the molecule is CCC[C@H]1C(=O)N(S(C)(=O)=O)C2=CCN(C(=O)CCN(CC)CC)[C@@H]21. The zero-order valence-corrected chi connectivity index (χ0v) is 16.4. The number of carbonyl (C=O) groups excluding carboxylic acids is 2. The molecular formula is C17H29N3O4S. The van der Waals surface area contributed by atoms with Gasteiger partial charge in [0.1, 0.15) is 0 Å². The Labute approximate surface area is 150 Å². The fraction of sp³-hybridized carbons (Fsp3) is 0.765. The molecule has 2 amide bonds. The quantitative estimate of drug-likeness (QED) is 0.637. The second-order valence-electron chi connectivity index (χ2n) is 6.66. The molecule has 0 bridgehead atoms. The van der Waals surface area contributed by atoms with Crippen LogP contribution in [0.15, 0.2) is 11.8 Å². The predicted octanol–water partition coefficient (Wildman–Crippen LogP) is 1.03. The van der Waals surface area contributed by atoms with Crippen molar-refractivity contribution >= 4 is 21.8 Å². The van der Waals surface area contributed by atoms with Crippen LogP contribution in [0.4, 0.5) is 0 Å². The molecule has 0 unspecified atom stereocenters. The van der Waals surface area contributed by atoms with Gasteiger partial charge in [-0.25, -0.2) is 12.7 Å². The average Bonchev–Trinajstić information content (AvgIpc) is 3.06. The van der Waals surface area contributed by atoms with E-state index in [2.05, 4.69) is 18.7 Å². The second-order valence-corrected chi connectivity index (χ2v) is 8.49. The Morgan fingerprint density at radius 2 is 1.92 bits per heavy atom. The van der Waals surface area contributed by atoms with Crippen molar-refractivity contribution in [3.05, 3.63) is 11.8 Å². The minimum absolute atomic E-state index is 0.0209. The Bertz CT molecular complexity index is 655. The number of nitrogens with zero attached hydrogens (tertiary/aromatic N) is 3. The lowest BCUT2D eigenvalue weighted by Gasteiger charge is -2.28. The van der Waals surface area contributed by atoms with Gasteiger partial charge in [-0.2, -0.15) is 0 Å². The summed E-state index contributed by atoms with van der Waals surface area (Å²) in [5.41, 5.74) is 0.460. The summed E-state index contributed by atoms with van der Waals surface area (Å²) in [7, 11) is -3.67. The highest BCUT2D eigenvalue weighted by atomic mass is 32.2. The molecule has 2 heterocycles. The van der Waals surface area contributed by atoms with E-state index in [4.69, 9.17) is 0 Å². The van der Waals surface area contributed by atoms with Crippen LogP contribution in [0, 0.1) is 5.92 Å². The van der Waals surface area contributed by atoms with E-state index < -0.39 is 27.9 Å². The van der Waals surface area contributed by atoms with Gasteiger partial charge in [0.15, 0.2) is 0 Å². The van der Waals surface area contributed by atoms with E-state index in [1.165, 1.54) is 0 Å². The van der Waals surface area contributed by atoms with Crippen molar-refractivity contribution in [2.24, 2.45) is 5.92 Å². The van der Waals surface area contributed by atoms with Gasteiger partial charge in [0.25, 0.3) is 0 Å². The first-order valence-electron chi connectivity index (χ1n) is 9.02. The number of fused-ring (bicyclic) bond motifs is 1. The molecule has 0 aromatic carbocycles. The van der Waals surface area contributed by atoms with Crippen molar-refractivity contribution < 1.29 is 18.0 Å². The largest absolute Gasteiger partial charge is 0.329 e. The van der Waals surface area contributed by atoms with E-state index >= 15 is 0 Å². The lowest BCUT2D eigenvalue weighted by Crippen LogP contribution is -2.42. The van der Waals surface area contributed by atoms with Crippen molar-refractivity contribution in [2.75, 3.05) is 32.4 Å². The summed E-state index contributed by atoms with van der Waals surface area (Å²) >= 11 is 0. The van der Waals surface area contributed by atoms with E-state index in [0.717, 1.165) is 30.1 Å². The summed E-state index contributed by atoms with van der Waals surface area (Å²) in [6.45, 7) is 8.89. The van der Waals surface area contributed by atoms with Crippen LogP contribution in [0.25, 0.3) is 0 Å². The predicted molar refractivity (Wildman–Crippen MR) is 96.1 cm³/mol. The van der Waals surface area contributed by atoms with Gasteiger partial charge in [-0.1, -0.05) is 27.2 Å². The van der Waals surface area contributed by atoms with Gasteiger partial charge in [0.05, 0.1) is 23.9 Å². The first-order chi connectivity index (χ1) is 11.8. The average molecular weight is 372 g/mol. The topological polar surface area (TPSA) is 78.0 Å². The fourth-order valence-corrected chi connectivity index (χ4v) is 4.79. The molecule has 142 valence electrons. The molecule has 0 radical (unpaired) electrons. The number of hydrogen-bond donors (Lipinski definition) is 0. The van der Waals surface area contributed by atoms with Crippen LogP contribution in [-0.4, -0.2) is 72.8 Å². The minimum atomic E-state index is -3.67. The van der Waals surface area contributed by atoms with Gasteiger partial charge in [-0.15, -0.1) is 0 Å². The van der Waals surface area contributed by atoms with Crippen molar-refractivity contribution in [3.8, 4) is 0 Å². The molecule has 1 fully saturated rings. The lowest BCUT2D eigenvalue weighted by atomic mass is 9.96. The van der Waals surface area contributed by atoms with Gasteiger partial charge in [-0.3, -0.25) is 9.59 Å². The monoisotopic (exact) mass is 371 g/mol. The van der Waals surface area contributed by atoms with Crippen LogP contribution in [0.2, 0.25) is 0 Å². The third-order valence-corrected chi connectivity index (χ3v) is 6.11. The first-order valence-corrected chi connectivity index (χ1v) is 10.9. The van der Waals surface area contributed by atoms with Gasteiger partial charge in [0, 0.05) is 19.5 Å². The molecule has 0 aromatic heterocycles. The van der Waals surface area contributed by atoms with Crippen molar-refractivity contribution in [1.29, 1.82) is 0 Å². The maximum absolute atomic E-state index is 12.7. The van der Waals surface area contributed by atoms with E-state index in [0.29, 0.717) is 31.6 Å². The maximum Gasteiger partial charge on any atom is 0.246 e. The second kappa shape index (κ2) is 7.86. The molecule has 1 saturated heterocycles. The summed E-state index contributed by atoms with van der Waals surface area (Å²) in [4.78, 5) is 29.2. The number of hydrogen-bond acceptors (Lipinski definition) is 5. The summed E-state index contributed by atoms with van der Waals surface area (Å²) in [5, 5.41) is 0. The molecule has 2 atom stereocenters. The van der Waals surface area contributed by atoms with E-state index in [1.807, 2.05) is 6.92 Å². The Balaban J connectivity index is 2.20. The molecule has 25 heavy (non-hydrogen) atoms. The fourth-order valence-electron chi connectivity index (χ4n) is 3.77. The van der Waals surface area contributed by atoms with Crippen LogP contribution >= 0.6 is 0 Å². The van der Waals surface area contributed by atoms with Crippen LogP contribution in [0.1, 0.15) is 40.0 Å². The molecule has 2 rings (SSSR count). The third-order valence-electron chi connectivity index (χ3n) is 5.06. The number of carbonyl (C=O) groups is 2. The van der Waals surface area contributed by atoms with Crippen molar-refractivity contribution in [3.63, 3.8) is 0 Å². The Morgan fingerprint density at radius 1 is 1.28 bits per heavy atom. The van der Waals surface area contributed by atoms with Gasteiger partial charge in [0.2, 0.25) is 21.8 Å². The summed E-state index contributed by atoms with van der Waals surface area (Å²) < 4.78 is 25.0. The van der Waals surface area contributed by atoms with Crippen molar-refractivity contribution in [1.82, 2.24) is 14.1 Å². The van der Waals surface area contributed by atoms with Crippen LogP contribution in [0.5, 0.6) is 0 Å². The molecular weight excluding hydrogens is 342 g/mol. The summed E-state index contributed by atoms with van der Waals surface area (Å²) in [5.74, 6) is -0.889. The zero-order valence-electron chi connectivity index (χ0n) is 15.6. The molecule has 0 saturated carbocycles. The van der Waals surface area contributed by atoms with E-state index in [-0.39, 0.29) is 5.91 Å². The summed E-state index contributed by atoms with van der Waals surface area (Å²) in [6, 6.07) is -0.439. The minimum Gasteiger partial charge on any atom is -0.329 e. The molecule has 0 spiro atoms. The van der Waals surface area contributed by atoms with E-state index in [9.17, 15) is 18.0 Å². The Hall–Kier alpha value is -1.41. The van der Waals surface area contributed by atoms with Gasteiger partial charge < -0.3 is 9.80 Å². The molecule has 2 aliphatic rings. The number of sulfonamides is 1. The van der Waals surface area contributed by atoms with Crippen LogP contribution < -0.4 is 0 Å². The smallest absolute Gasteiger partial charge is 0.246 e. The van der Waals surface area contributed by atoms with Crippen LogP contribution in [-0.2, 0) is 19.6 Å². The standard InChI is InChI=1S/C17H29N3O4S/c1-5-8-13-16-14(20(17(13)22)25(4,23)24)9-12-19(16)15(21)10-11-18(6-2)7-3/h9,13,16H,5-8,10-12H2,1-4H3/t13-,16-/m1/s1. The molecule has 0 aliphatic carbocycles. The molecule has 0 N–H and O–H groups in total. The highest BCUT2D eigenvalue weighted by Crippen LogP contribution is 2.40. The maximum atomic E-state index is 12.7. The highest BCUT2D eigenvalue weighted by Gasteiger charge is 2.53. The van der Waals surface area contributed by atoms with Crippen molar-refractivity contribution in [2.45, 2.75) is 46.1 Å². The first kappa shape index (κ1) is 19.9. The van der Waals surface area contributed by atoms with Crippen LogP contribution in [0.3, 0.4) is 0 Å². The molecule has 8 heteroatoms. The summed E-state index contributed by atoms with van der Waals surface area (Å²) in [6.07, 6.45) is 4.48. The van der Waals surface area contributed by atoms with E-state index in [1.54, 1.807) is 11.0 Å². The normalized spacial score (nSPS) is 23.4. The number of amides is 2. The van der Waals surface area contributed by atoms with Gasteiger partial charge >= 0.3 is 0 Å².